The molecule has 0 radical (unpaired) electrons. The Balaban J connectivity index is 1.93. The predicted octanol–water partition coefficient (Wildman–Crippen LogP) is 1.40. The van der Waals surface area contributed by atoms with E-state index < -0.39 is 12.1 Å². The van der Waals surface area contributed by atoms with Crippen molar-refractivity contribution in [2.75, 3.05) is 19.7 Å². The van der Waals surface area contributed by atoms with Gasteiger partial charge in [-0.2, -0.15) is 0 Å². The summed E-state index contributed by atoms with van der Waals surface area (Å²) in [5.41, 5.74) is -0.0808. The molecule has 1 aromatic heterocycles. The first kappa shape index (κ1) is 13.1. The number of aryl methyl sites for hydroxylation is 1. The molecule has 0 unspecified atom stereocenters. The number of amides is 1. The maximum atomic E-state index is 11.5. The van der Waals surface area contributed by atoms with Crippen molar-refractivity contribution >= 4 is 12.1 Å². The molecule has 102 valence electrons. The minimum Gasteiger partial charge on any atom is -0.476 e. The van der Waals surface area contributed by atoms with Gasteiger partial charge in [0.05, 0.1) is 5.92 Å². The Morgan fingerprint density at radius 3 is 2.84 bits per heavy atom. The quantitative estimate of drug-likeness (QED) is 0.828. The number of oxazole rings is 1. The van der Waals surface area contributed by atoms with E-state index in [9.17, 15) is 9.59 Å². The largest absolute Gasteiger partial charge is 0.476 e. The van der Waals surface area contributed by atoms with Crippen LogP contribution in [-0.4, -0.2) is 46.7 Å². The first-order valence-electron chi connectivity index (χ1n) is 5.76. The Hall–Kier alpha value is -2.31. The number of aromatic nitrogens is 1. The summed E-state index contributed by atoms with van der Waals surface area (Å²) in [5.74, 6) is -0.574. The minimum absolute atomic E-state index is 0.0805. The lowest BCUT2D eigenvalue weighted by atomic mass is 10.0. The average molecular weight is 266 g/mol. The van der Waals surface area contributed by atoms with Crippen LogP contribution in [0, 0.1) is 6.92 Å². The number of aromatic carboxylic acids is 1. The summed E-state index contributed by atoms with van der Waals surface area (Å²) in [7, 11) is 0. The second kappa shape index (κ2) is 5.13. The molecule has 7 nitrogen and oxygen atoms in total. The van der Waals surface area contributed by atoms with Crippen LogP contribution in [0.3, 0.4) is 0 Å². The van der Waals surface area contributed by atoms with Crippen LogP contribution in [0.1, 0.15) is 28.1 Å². The summed E-state index contributed by atoms with van der Waals surface area (Å²) in [6.45, 7) is 5.99. The molecule has 1 aromatic rings. The summed E-state index contributed by atoms with van der Waals surface area (Å²) in [6.07, 6.45) is 1.07. The molecule has 0 saturated carbocycles. The van der Waals surface area contributed by atoms with Crippen LogP contribution in [0.5, 0.6) is 0 Å². The van der Waals surface area contributed by atoms with E-state index in [2.05, 4.69) is 11.6 Å². The summed E-state index contributed by atoms with van der Waals surface area (Å²) in [6, 6.07) is 0. The number of rotatable bonds is 4. The zero-order valence-corrected chi connectivity index (χ0v) is 10.5. The van der Waals surface area contributed by atoms with Crippen molar-refractivity contribution in [3.8, 4) is 0 Å². The van der Waals surface area contributed by atoms with Crippen LogP contribution in [0.4, 0.5) is 4.79 Å². The van der Waals surface area contributed by atoms with E-state index >= 15 is 0 Å². The molecule has 2 heterocycles. The highest BCUT2D eigenvalue weighted by atomic mass is 16.6. The van der Waals surface area contributed by atoms with E-state index in [1.165, 1.54) is 11.0 Å². The van der Waals surface area contributed by atoms with Crippen LogP contribution in [0.25, 0.3) is 0 Å². The molecule has 1 saturated heterocycles. The van der Waals surface area contributed by atoms with Gasteiger partial charge in [0.2, 0.25) is 5.89 Å². The SMILES string of the molecule is C=CCOC(=O)N1CC(c2nc(C(=O)O)c(C)o2)C1. The number of nitrogens with zero attached hydrogens (tertiary/aromatic N) is 2. The van der Waals surface area contributed by atoms with Gasteiger partial charge in [0, 0.05) is 13.1 Å². The summed E-state index contributed by atoms with van der Waals surface area (Å²) in [4.78, 5) is 27.7. The second-order valence-corrected chi connectivity index (χ2v) is 4.23. The molecule has 7 heteroatoms. The molecular weight excluding hydrogens is 252 g/mol. The molecule has 1 aliphatic heterocycles. The highest BCUT2D eigenvalue weighted by Gasteiger charge is 2.36. The van der Waals surface area contributed by atoms with E-state index in [1.807, 2.05) is 0 Å². The molecular formula is C12H14N2O5. The lowest BCUT2D eigenvalue weighted by molar-refractivity contribution is 0.0685. The van der Waals surface area contributed by atoms with E-state index in [0.29, 0.717) is 19.0 Å². The number of carbonyl (C=O) groups excluding carboxylic acids is 1. The number of ether oxygens (including phenoxy) is 1. The van der Waals surface area contributed by atoms with Crippen LogP contribution >= 0.6 is 0 Å². The lowest BCUT2D eigenvalue weighted by Gasteiger charge is -2.36. The molecule has 19 heavy (non-hydrogen) atoms. The third-order valence-electron chi connectivity index (χ3n) is 2.83. The average Bonchev–Trinajstić information content (AvgIpc) is 2.66. The topological polar surface area (TPSA) is 92.9 Å². The van der Waals surface area contributed by atoms with Crippen LogP contribution in [0.2, 0.25) is 0 Å². The molecule has 1 N–H and O–H groups in total. The molecule has 1 aliphatic rings. The first-order chi connectivity index (χ1) is 9.02. The van der Waals surface area contributed by atoms with E-state index in [0.717, 1.165) is 0 Å². The molecule has 0 aliphatic carbocycles. The zero-order chi connectivity index (χ0) is 14.0. The molecule has 0 aromatic carbocycles. The van der Waals surface area contributed by atoms with Crippen molar-refractivity contribution in [3.63, 3.8) is 0 Å². The Morgan fingerprint density at radius 2 is 2.32 bits per heavy atom. The Kier molecular flexibility index (Phi) is 3.55. The monoisotopic (exact) mass is 266 g/mol. The van der Waals surface area contributed by atoms with Gasteiger partial charge in [-0.05, 0) is 6.92 Å². The molecule has 0 atom stereocenters. The Morgan fingerprint density at radius 1 is 1.63 bits per heavy atom. The summed E-state index contributed by atoms with van der Waals surface area (Å²) >= 11 is 0. The van der Waals surface area contributed by atoms with Crippen molar-refractivity contribution in [1.29, 1.82) is 0 Å². The van der Waals surface area contributed by atoms with Gasteiger partial charge in [-0.3, -0.25) is 0 Å². The minimum atomic E-state index is -1.12. The number of carboxylic acid groups (broad SMARTS) is 1. The third-order valence-corrected chi connectivity index (χ3v) is 2.83. The van der Waals surface area contributed by atoms with Gasteiger partial charge in [0.15, 0.2) is 5.69 Å². The lowest BCUT2D eigenvalue weighted by Crippen LogP contribution is -2.48. The summed E-state index contributed by atoms with van der Waals surface area (Å²) in [5, 5.41) is 8.87. The maximum absolute atomic E-state index is 11.5. The van der Waals surface area contributed by atoms with Crippen molar-refractivity contribution in [2.24, 2.45) is 0 Å². The fourth-order valence-corrected chi connectivity index (χ4v) is 1.80. The van der Waals surface area contributed by atoms with E-state index in [-0.39, 0.29) is 24.0 Å². The summed E-state index contributed by atoms with van der Waals surface area (Å²) < 4.78 is 10.2. The third kappa shape index (κ3) is 2.59. The van der Waals surface area contributed by atoms with Crippen molar-refractivity contribution < 1.29 is 23.8 Å². The molecule has 0 bridgehead atoms. The molecule has 2 rings (SSSR count). The van der Waals surface area contributed by atoms with Crippen LogP contribution in [0.15, 0.2) is 17.1 Å². The molecule has 1 fully saturated rings. The normalized spacial score (nSPS) is 14.9. The van der Waals surface area contributed by atoms with Gasteiger partial charge < -0.3 is 19.2 Å². The fraction of sp³-hybridized carbons (Fsp3) is 0.417. The smallest absolute Gasteiger partial charge is 0.410 e. The zero-order valence-electron chi connectivity index (χ0n) is 10.5. The number of hydrogen-bond acceptors (Lipinski definition) is 5. The van der Waals surface area contributed by atoms with Crippen LogP contribution in [-0.2, 0) is 4.74 Å². The van der Waals surface area contributed by atoms with Crippen molar-refractivity contribution in [1.82, 2.24) is 9.88 Å². The number of hydrogen-bond donors (Lipinski definition) is 1. The predicted molar refractivity (Wildman–Crippen MR) is 64.1 cm³/mol. The van der Waals surface area contributed by atoms with Gasteiger partial charge in [0.1, 0.15) is 12.4 Å². The number of likely N-dealkylation sites (tertiary alicyclic amines) is 1. The van der Waals surface area contributed by atoms with Gasteiger partial charge >= 0.3 is 12.1 Å². The van der Waals surface area contributed by atoms with Crippen molar-refractivity contribution in [2.45, 2.75) is 12.8 Å². The van der Waals surface area contributed by atoms with Gasteiger partial charge in [-0.15, -0.1) is 0 Å². The highest BCUT2D eigenvalue weighted by Crippen LogP contribution is 2.28. The van der Waals surface area contributed by atoms with E-state index in [1.54, 1.807) is 6.92 Å². The number of carboxylic acids is 1. The Labute approximate surface area is 109 Å². The first-order valence-corrected chi connectivity index (χ1v) is 5.76. The second-order valence-electron chi connectivity index (χ2n) is 4.23. The Bertz CT molecular complexity index is 516. The van der Waals surface area contributed by atoms with Gasteiger partial charge in [0.25, 0.3) is 0 Å². The highest BCUT2D eigenvalue weighted by molar-refractivity contribution is 5.86. The van der Waals surface area contributed by atoms with Gasteiger partial charge in [-0.25, -0.2) is 14.6 Å². The molecule has 1 amide bonds. The van der Waals surface area contributed by atoms with E-state index in [4.69, 9.17) is 14.3 Å². The van der Waals surface area contributed by atoms with Crippen LogP contribution < -0.4 is 0 Å². The fourth-order valence-electron chi connectivity index (χ4n) is 1.80. The van der Waals surface area contributed by atoms with Crippen molar-refractivity contribution in [3.05, 3.63) is 30.0 Å². The maximum Gasteiger partial charge on any atom is 0.410 e. The van der Waals surface area contributed by atoms with Gasteiger partial charge in [-0.1, -0.05) is 12.7 Å². The molecule has 0 spiro atoms. The standard InChI is InChI=1S/C12H14N2O5/c1-3-4-18-12(17)14-5-8(6-14)10-13-9(11(15)16)7(2)19-10/h3,8H,1,4-6H2,2H3,(H,15,16). The number of carbonyl (C=O) groups is 2.